The predicted octanol–water partition coefficient (Wildman–Crippen LogP) is 0.321. The number of ether oxygens (including phenoxy) is 1. The van der Waals surface area contributed by atoms with E-state index in [1.54, 1.807) is 0 Å². The number of aliphatic hydroxyl groups is 1. The van der Waals surface area contributed by atoms with Crippen molar-refractivity contribution in [2.24, 2.45) is 10.6 Å². The van der Waals surface area contributed by atoms with E-state index in [0.29, 0.717) is 5.71 Å². The number of hydrogen-bond donors (Lipinski definition) is 1. The molecule has 1 aliphatic rings. The topological polar surface area (TPSA) is 68.1 Å². The first-order valence-electron chi connectivity index (χ1n) is 4.38. The summed E-state index contributed by atoms with van der Waals surface area (Å²) in [5.74, 6) is -0.611. The molecule has 0 aliphatic carbocycles. The van der Waals surface area contributed by atoms with Crippen LogP contribution < -0.4 is 0 Å². The zero-order chi connectivity index (χ0) is 10.9. The van der Waals surface area contributed by atoms with E-state index in [2.05, 4.69) is 9.89 Å². The molecule has 1 N–H and O–H groups in total. The Morgan fingerprint density at radius 2 is 2.14 bits per heavy atom. The van der Waals surface area contributed by atoms with Crippen LogP contribution in [0.5, 0.6) is 0 Å². The lowest BCUT2D eigenvalue weighted by Crippen LogP contribution is -2.40. The number of rotatable bonds is 1. The SMILES string of the molecule is COC(=O)[C@@H]1ON=C(C(C)(C)C)[C@H]1O. The Morgan fingerprint density at radius 1 is 1.57 bits per heavy atom. The second-order valence-electron chi connectivity index (χ2n) is 4.22. The van der Waals surface area contributed by atoms with Crippen molar-refractivity contribution in [3.8, 4) is 0 Å². The number of nitrogens with zero attached hydrogens (tertiary/aromatic N) is 1. The minimum Gasteiger partial charge on any atom is -0.466 e. The van der Waals surface area contributed by atoms with Gasteiger partial charge in [0.25, 0.3) is 6.10 Å². The third-order valence-corrected chi connectivity index (χ3v) is 2.03. The molecule has 14 heavy (non-hydrogen) atoms. The zero-order valence-corrected chi connectivity index (χ0v) is 8.77. The van der Waals surface area contributed by atoms with Crippen molar-refractivity contribution in [2.45, 2.75) is 33.0 Å². The van der Waals surface area contributed by atoms with Crippen molar-refractivity contribution >= 4 is 11.7 Å². The first-order valence-corrected chi connectivity index (χ1v) is 4.38. The van der Waals surface area contributed by atoms with Crippen LogP contribution in [0.1, 0.15) is 20.8 Å². The molecule has 0 saturated carbocycles. The van der Waals surface area contributed by atoms with Gasteiger partial charge in [-0.05, 0) is 0 Å². The smallest absolute Gasteiger partial charge is 0.353 e. The maximum Gasteiger partial charge on any atom is 0.353 e. The summed E-state index contributed by atoms with van der Waals surface area (Å²) in [5.41, 5.74) is 0.148. The summed E-state index contributed by atoms with van der Waals surface area (Å²) in [5, 5.41) is 13.4. The van der Waals surface area contributed by atoms with E-state index < -0.39 is 18.2 Å². The van der Waals surface area contributed by atoms with Crippen LogP contribution in [0.3, 0.4) is 0 Å². The molecular weight excluding hydrogens is 186 g/mol. The molecule has 0 bridgehead atoms. The van der Waals surface area contributed by atoms with Gasteiger partial charge in [0.2, 0.25) is 0 Å². The van der Waals surface area contributed by atoms with E-state index in [0.717, 1.165) is 0 Å². The fourth-order valence-corrected chi connectivity index (χ4v) is 1.24. The highest BCUT2D eigenvalue weighted by Crippen LogP contribution is 2.26. The molecule has 0 saturated heterocycles. The molecule has 0 radical (unpaired) electrons. The van der Waals surface area contributed by atoms with E-state index in [9.17, 15) is 9.90 Å². The maximum atomic E-state index is 11.1. The monoisotopic (exact) mass is 201 g/mol. The van der Waals surface area contributed by atoms with E-state index in [4.69, 9.17) is 4.84 Å². The minimum atomic E-state index is -1.02. The van der Waals surface area contributed by atoms with Gasteiger partial charge in [-0.25, -0.2) is 4.79 Å². The first kappa shape index (κ1) is 11.0. The molecule has 0 aromatic carbocycles. The van der Waals surface area contributed by atoms with Gasteiger partial charge in [0, 0.05) is 5.41 Å². The Morgan fingerprint density at radius 3 is 2.50 bits per heavy atom. The van der Waals surface area contributed by atoms with E-state index in [1.165, 1.54) is 7.11 Å². The second-order valence-corrected chi connectivity index (χ2v) is 4.22. The molecule has 0 spiro atoms. The van der Waals surface area contributed by atoms with Gasteiger partial charge in [0.15, 0.2) is 0 Å². The van der Waals surface area contributed by atoms with Crippen molar-refractivity contribution in [2.75, 3.05) is 7.11 Å². The standard InChI is InChI=1S/C9H15NO4/c1-9(2,3)7-5(11)6(14-10-7)8(12)13-4/h5-6,11H,1-4H3/t5-,6+/m0/s1. The molecule has 0 amide bonds. The molecule has 0 unspecified atom stereocenters. The Labute approximate surface area is 82.7 Å². The van der Waals surface area contributed by atoms with Gasteiger partial charge in [0.1, 0.15) is 6.10 Å². The molecule has 1 rings (SSSR count). The number of aliphatic hydroxyl groups excluding tert-OH is 1. The lowest BCUT2D eigenvalue weighted by Gasteiger charge is -2.20. The summed E-state index contributed by atoms with van der Waals surface area (Å²) in [6.45, 7) is 5.66. The summed E-state index contributed by atoms with van der Waals surface area (Å²) in [6, 6.07) is 0. The second kappa shape index (κ2) is 3.57. The molecular formula is C9H15NO4. The van der Waals surface area contributed by atoms with Gasteiger partial charge in [0.05, 0.1) is 12.8 Å². The highest BCUT2D eigenvalue weighted by atomic mass is 16.7. The molecule has 80 valence electrons. The average molecular weight is 201 g/mol. The van der Waals surface area contributed by atoms with Crippen LogP contribution in [-0.2, 0) is 14.4 Å². The first-order chi connectivity index (χ1) is 6.38. The molecule has 5 nitrogen and oxygen atoms in total. The third-order valence-electron chi connectivity index (χ3n) is 2.03. The van der Waals surface area contributed by atoms with E-state index >= 15 is 0 Å². The van der Waals surface area contributed by atoms with Crippen molar-refractivity contribution in [3.63, 3.8) is 0 Å². The van der Waals surface area contributed by atoms with Crippen LogP contribution in [-0.4, -0.2) is 36.1 Å². The van der Waals surface area contributed by atoms with Gasteiger partial charge in [-0.15, -0.1) is 0 Å². The number of oxime groups is 1. The maximum absolute atomic E-state index is 11.1. The van der Waals surface area contributed by atoms with Gasteiger partial charge in [-0.1, -0.05) is 25.9 Å². The van der Waals surface area contributed by atoms with E-state index in [1.807, 2.05) is 20.8 Å². The minimum absolute atomic E-state index is 0.317. The molecule has 1 heterocycles. The molecule has 0 fully saturated rings. The van der Waals surface area contributed by atoms with Crippen LogP contribution in [0.2, 0.25) is 0 Å². The summed E-state index contributed by atoms with van der Waals surface area (Å²) in [6.07, 6.45) is -2.03. The van der Waals surface area contributed by atoms with Crippen LogP contribution >= 0.6 is 0 Å². The summed E-state index contributed by atoms with van der Waals surface area (Å²) in [7, 11) is 1.24. The zero-order valence-electron chi connectivity index (χ0n) is 8.77. The normalized spacial score (nSPS) is 26.8. The number of carbonyl (C=O) groups is 1. The van der Waals surface area contributed by atoms with Crippen LogP contribution in [0, 0.1) is 5.41 Å². The fraction of sp³-hybridized carbons (Fsp3) is 0.778. The molecule has 0 aromatic rings. The molecule has 2 atom stereocenters. The molecule has 5 heteroatoms. The van der Waals surface area contributed by atoms with Crippen molar-refractivity contribution in [1.29, 1.82) is 0 Å². The Balaban J connectivity index is 2.76. The Bertz CT molecular complexity index is 266. The lowest BCUT2D eigenvalue weighted by atomic mass is 9.85. The Hall–Kier alpha value is -1.10. The van der Waals surface area contributed by atoms with Crippen LogP contribution in [0.4, 0.5) is 0 Å². The number of methoxy groups -OCH3 is 1. The molecule has 0 aromatic heterocycles. The van der Waals surface area contributed by atoms with Gasteiger partial charge >= 0.3 is 5.97 Å². The Kier molecular flexibility index (Phi) is 2.80. The highest BCUT2D eigenvalue weighted by molar-refractivity contribution is 5.98. The van der Waals surface area contributed by atoms with Gasteiger partial charge < -0.3 is 14.7 Å². The highest BCUT2D eigenvalue weighted by Gasteiger charge is 2.43. The van der Waals surface area contributed by atoms with Crippen molar-refractivity contribution < 1.29 is 19.5 Å². The lowest BCUT2D eigenvalue weighted by molar-refractivity contribution is -0.156. The summed E-state index contributed by atoms with van der Waals surface area (Å²) < 4.78 is 4.47. The number of hydrogen-bond acceptors (Lipinski definition) is 5. The van der Waals surface area contributed by atoms with Crippen LogP contribution in [0.25, 0.3) is 0 Å². The van der Waals surface area contributed by atoms with Crippen molar-refractivity contribution in [3.05, 3.63) is 0 Å². The molecule has 1 aliphatic heterocycles. The third kappa shape index (κ3) is 1.87. The van der Waals surface area contributed by atoms with E-state index in [-0.39, 0.29) is 5.41 Å². The summed E-state index contributed by atoms with van der Waals surface area (Å²) >= 11 is 0. The predicted molar refractivity (Wildman–Crippen MR) is 49.8 cm³/mol. The van der Waals surface area contributed by atoms with Crippen LogP contribution in [0.15, 0.2) is 5.16 Å². The number of carbonyl (C=O) groups excluding carboxylic acids is 1. The summed E-state index contributed by atoms with van der Waals surface area (Å²) in [4.78, 5) is 15.9. The average Bonchev–Trinajstić information content (AvgIpc) is 2.45. The van der Waals surface area contributed by atoms with Gasteiger partial charge in [-0.3, -0.25) is 0 Å². The fourth-order valence-electron chi connectivity index (χ4n) is 1.24. The quantitative estimate of drug-likeness (QED) is 0.620. The largest absolute Gasteiger partial charge is 0.466 e. The van der Waals surface area contributed by atoms with Crippen molar-refractivity contribution in [1.82, 2.24) is 0 Å². The van der Waals surface area contributed by atoms with Gasteiger partial charge in [-0.2, -0.15) is 0 Å². The number of esters is 1.